The summed E-state index contributed by atoms with van der Waals surface area (Å²) >= 11 is 0. The Morgan fingerprint density at radius 2 is 0.896 bits per heavy atom. The molecule has 2 aromatic rings. The Hall–Kier alpha value is -5.26. The summed E-state index contributed by atoms with van der Waals surface area (Å²) in [6.07, 6.45) is 10.3. The van der Waals surface area contributed by atoms with Gasteiger partial charge in [-0.1, -0.05) is 12.1 Å². The Balaban J connectivity index is 1.03. The second-order valence-corrected chi connectivity index (χ2v) is 13.1. The summed E-state index contributed by atoms with van der Waals surface area (Å²) in [4.78, 5) is 76.4. The van der Waals surface area contributed by atoms with Gasteiger partial charge in [-0.15, -0.1) is 0 Å². The van der Waals surface area contributed by atoms with Crippen molar-refractivity contribution in [3.8, 4) is 22.6 Å². The van der Waals surface area contributed by atoms with Crippen LogP contribution in [0.5, 0.6) is 11.5 Å². The largest absolute Gasteiger partial charge is 0.506 e. The highest BCUT2D eigenvalue weighted by atomic mass is 16.3. The zero-order chi connectivity index (χ0) is 33.9. The van der Waals surface area contributed by atoms with Crippen LogP contribution in [0, 0.1) is 23.7 Å². The number of nitrogens with zero attached hydrogens (tertiary/aromatic N) is 2. The van der Waals surface area contributed by atoms with Crippen LogP contribution < -0.4 is 10.6 Å². The maximum absolute atomic E-state index is 13.2. The molecule has 2 fully saturated rings. The second kappa shape index (κ2) is 13.8. The van der Waals surface area contributed by atoms with Crippen molar-refractivity contribution in [2.75, 3.05) is 23.7 Å². The first-order valence-electron chi connectivity index (χ1n) is 16.4. The Labute approximate surface area is 277 Å². The first-order chi connectivity index (χ1) is 23.0. The van der Waals surface area contributed by atoms with Crippen LogP contribution in [0.1, 0.15) is 51.4 Å². The highest BCUT2D eigenvalue weighted by molar-refractivity contribution is 6.13. The van der Waals surface area contributed by atoms with Crippen molar-refractivity contribution < 1.29 is 39.0 Å². The molecule has 2 saturated carbocycles. The SMILES string of the molecule is O=C(Nc1cc(-c2ccc(O)c(NC(=O)C3CCC(CN4C(=O)C=CC4=O)CC3)c2)ccc1O)C1CCC(CN2C(=O)C=CC2=O)CC1. The lowest BCUT2D eigenvalue weighted by atomic mass is 9.81. The van der Waals surface area contributed by atoms with Gasteiger partial charge in [0.15, 0.2) is 0 Å². The van der Waals surface area contributed by atoms with Gasteiger partial charge in [-0.25, -0.2) is 0 Å². The van der Waals surface area contributed by atoms with Crippen LogP contribution in [0.15, 0.2) is 60.7 Å². The number of imide groups is 2. The van der Waals surface area contributed by atoms with Gasteiger partial charge in [0.2, 0.25) is 11.8 Å². The van der Waals surface area contributed by atoms with Crippen molar-refractivity contribution >= 4 is 46.8 Å². The summed E-state index contributed by atoms with van der Waals surface area (Å²) in [6, 6.07) is 9.58. The molecule has 6 amide bonds. The van der Waals surface area contributed by atoms with Crippen molar-refractivity contribution in [3.05, 3.63) is 60.7 Å². The summed E-state index contributed by atoms with van der Waals surface area (Å²) < 4.78 is 0. The predicted octanol–water partition coefficient (Wildman–Crippen LogP) is 4.10. The molecule has 2 aliphatic carbocycles. The lowest BCUT2D eigenvalue weighted by Crippen LogP contribution is -2.37. The van der Waals surface area contributed by atoms with Crippen molar-refractivity contribution in [3.63, 3.8) is 0 Å². The van der Waals surface area contributed by atoms with Crippen molar-refractivity contribution in [2.24, 2.45) is 23.7 Å². The van der Waals surface area contributed by atoms with Crippen molar-refractivity contribution in [1.82, 2.24) is 9.80 Å². The molecule has 0 bridgehead atoms. The first kappa shape index (κ1) is 32.7. The first-order valence-corrected chi connectivity index (χ1v) is 16.4. The van der Waals surface area contributed by atoms with E-state index < -0.39 is 0 Å². The minimum absolute atomic E-state index is 0.100. The molecule has 0 unspecified atom stereocenters. The maximum atomic E-state index is 13.2. The minimum Gasteiger partial charge on any atom is -0.506 e. The molecule has 48 heavy (non-hydrogen) atoms. The average Bonchev–Trinajstić information content (AvgIpc) is 3.57. The molecule has 4 aliphatic rings. The van der Waals surface area contributed by atoms with Crippen LogP contribution in [-0.4, -0.2) is 68.5 Å². The third kappa shape index (κ3) is 7.17. The Bertz CT molecular complexity index is 1550. The summed E-state index contributed by atoms with van der Waals surface area (Å²) in [5.41, 5.74) is 1.78. The fraction of sp³-hybridized carbons (Fsp3) is 0.389. The normalized spacial score (nSPS) is 24.0. The molecule has 12 heteroatoms. The van der Waals surface area contributed by atoms with E-state index in [1.165, 1.54) is 46.2 Å². The van der Waals surface area contributed by atoms with Gasteiger partial charge in [0.25, 0.3) is 23.6 Å². The molecule has 0 spiro atoms. The topological polar surface area (TPSA) is 173 Å². The Morgan fingerprint density at radius 3 is 1.23 bits per heavy atom. The van der Waals surface area contributed by atoms with Crippen LogP contribution in [0.3, 0.4) is 0 Å². The predicted molar refractivity (Wildman–Crippen MR) is 175 cm³/mol. The number of anilines is 2. The lowest BCUT2D eigenvalue weighted by Gasteiger charge is -2.30. The van der Waals surface area contributed by atoms with Crippen LogP contribution in [-0.2, 0) is 28.8 Å². The van der Waals surface area contributed by atoms with E-state index in [4.69, 9.17) is 0 Å². The van der Waals surface area contributed by atoms with E-state index in [2.05, 4.69) is 10.6 Å². The van der Waals surface area contributed by atoms with E-state index in [0.29, 0.717) is 75.6 Å². The number of phenols is 2. The lowest BCUT2D eigenvalue weighted by molar-refractivity contribution is -0.139. The highest BCUT2D eigenvalue weighted by Gasteiger charge is 2.33. The third-order valence-electron chi connectivity index (χ3n) is 9.96. The number of benzene rings is 2. The molecular weight excluding hydrogens is 616 g/mol. The number of rotatable bonds is 9. The van der Waals surface area contributed by atoms with Gasteiger partial charge in [0.1, 0.15) is 11.5 Å². The molecule has 0 saturated heterocycles. The second-order valence-electron chi connectivity index (χ2n) is 13.1. The fourth-order valence-corrected chi connectivity index (χ4v) is 7.05. The number of hydrogen-bond donors (Lipinski definition) is 4. The Morgan fingerprint density at radius 1 is 0.562 bits per heavy atom. The van der Waals surface area contributed by atoms with Gasteiger partial charge in [-0.05, 0) is 98.6 Å². The van der Waals surface area contributed by atoms with Gasteiger partial charge >= 0.3 is 0 Å². The van der Waals surface area contributed by atoms with E-state index in [1.54, 1.807) is 24.3 Å². The third-order valence-corrected chi connectivity index (χ3v) is 9.96. The van der Waals surface area contributed by atoms with E-state index in [1.807, 2.05) is 0 Å². The van der Waals surface area contributed by atoms with Crippen LogP contribution >= 0.6 is 0 Å². The molecule has 2 aliphatic heterocycles. The standard InChI is InChI=1S/C36H38N4O8/c41-29-11-9-25(17-27(29)37-35(47)23-5-1-21(2-6-23)19-39-31(43)13-14-32(39)44)26-10-12-30(42)28(18-26)38-36(48)24-7-3-22(4-8-24)20-40-33(45)15-16-34(40)46/h9-18,21-24,41-42H,1-8,19-20H2,(H,37,47)(H,38,48). The van der Waals surface area contributed by atoms with Gasteiger partial charge < -0.3 is 20.8 Å². The van der Waals surface area contributed by atoms with E-state index in [9.17, 15) is 39.0 Å². The van der Waals surface area contributed by atoms with Gasteiger partial charge in [0.05, 0.1) is 11.4 Å². The maximum Gasteiger partial charge on any atom is 0.253 e. The number of phenolic OH excluding ortho intramolecular Hbond substituents is 2. The average molecular weight is 655 g/mol. The Kier molecular flexibility index (Phi) is 9.42. The molecule has 12 nitrogen and oxygen atoms in total. The molecule has 0 aromatic heterocycles. The molecule has 4 N–H and O–H groups in total. The molecular formula is C36H38N4O8. The number of aromatic hydroxyl groups is 2. The number of carbonyl (C=O) groups is 6. The summed E-state index contributed by atoms with van der Waals surface area (Å²) in [5, 5.41) is 26.8. The number of amides is 6. The highest BCUT2D eigenvalue weighted by Crippen LogP contribution is 2.37. The van der Waals surface area contributed by atoms with Gasteiger partial charge in [-0.2, -0.15) is 0 Å². The van der Waals surface area contributed by atoms with Crippen molar-refractivity contribution in [2.45, 2.75) is 51.4 Å². The zero-order valence-corrected chi connectivity index (χ0v) is 26.4. The van der Waals surface area contributed by atoms with E-state index in [0.717, 1.165) is 0 Å². The summed E-state index contributed by atoms with van der Waals surface area (Å²) in [7, 11) is 0. The molecule has 250 valence electrons. The fourth-order valence-electron chi connectivity index (χ4n) is 7.05. The van der Waals surface area contributed by atoms with E-state index >= 15 is 0 Å². The van der Waals surface area contributed by atoms with Gasteiger partial charge in [-0.3, -0.25) is 38.6 Å². The van der Waals surface area contributed by atoms with E-state index in [-0.39, 0.29) is 82.0 Å². The smallest absolute Gasteiger partial charge is 0.253 e. The van der Waals surface area contributed by atoms with Crippen LogP contribution in [0.2, 0.25) is 0 Å². The number of nitrogens with one attached hydrogen (secondary N) is 2. The summed E-state index contributed by atoms with van der Waals surface area (Å²) in [5.74, 6) is -2.14. The zero-order valence-electron chi connectivity index (χ0n) is 26.4. The molecule has 0 atom stereocenters. The van der Waals surface area contributed by atoms with Crippen LogP contribution in [0.25, 0.3) is 11.1 Å². The number of carbonyl (C=O) groups excluding carboxylic acids is 6. The van der Waals surface area contributed by atoms with Crippen molar-refractivity contribution in [1.29, 1.82) is 0 Å². The molecule has 0 radical (unpaired) electrons. The number of hydrogen-bond acceptors (Lipinski definition) is 8. The van der Waals surface area contributed by atoms with Gasteiger partial charge in [0, 0.05) is 49.2 Å². The van der Waals surface area contributed by atoms with Crippen LogP contribution in [0.4, 0.5) is 11.4 Å². The molecule has 2 heterocycles. The summed E-state index contributed by atoms with van der Waals surface area (Å²) in [6.45, 7) is 0.697. The molecule has 2 aromatic carbocycles. The molecule has 6 rings (SSSR count). The minimum atomic E-state index is -0.303. The quantitative estimate of drug-likeness (QED) is 0.231. The monoisotopic (exact) mass is 654 g/mol.